The number of nitrogens with zero attached hydrogens (tertiary/aromatic N) is 3. The van der Waals surface area contributed by atoms with E-state index in [2.05, 4.69) is 26.8 Å². The van der Waals surface area contributed by atoms with Gasteiger partial charge in [-0.3, -0.25) is 0 Å². The number of imidazole rings is 1. The number of rotatable bonds is 4. The minimum absolute atomic E-state index is 0.733. The van der Waals surface area contributed by atoms with Gasteiger partial charge in [-0.1, -0.05) is 0 Å². The number of likely N-dealkylation sites (N-methyl/N-ethyl adjacent to an activating group) is 1. The van der Waals surface area contributed by atoms with Crippen LogP contribution in [-0.4, -0.2) is 43.4 Å². The number of fused-ring (bicyclic) bond motifs is 1. The lowest BCUT2D eigenvalue weighted by Crippen LogP contribution is -2.31. The number of hydrogen-bond donors (Lipinski definition) is 1. The second-order valence-corrected chi connectivity index (χ2v) is 3.79. The molecule has 0 aromatic carbocycles. The SMILES string of the molecule is COCCN(C)c1ncc2n1CCNC2. The molecule has 2 rings (SSSR count). The van der Waals surface area contributed by atoms with Crippen LogP contribution in [0.3, 0.4) is 0 Å². The van der Waals surface area contributed by atoms with E-state index in [0.29, 0.717) is 0 Å². The van der Waals surface area contributed by atoms with Gasteiger partial charge < -0.3 is 19.5 Å². The van der Waals surface area contributed by atoms with Crippen molar-refractivity contribution in [2.75, 3.05) is 38.8 Å². The van der Waals surface area contributed by atoms with Crippen molar-refractivity contribution in [3.05, 3.63) is 11.9 Å². The Kier molecular flexibility index (Phi) is 3.23. The van der Waals surface area contributed by atoms with Crippen LogP contribution in [0.15, 0.2) is 6.20 Å². The Morgan fingerprint density at radius 3 is 3.33 bits per heavy atom. The van der Waals surface area contributed by atoms with Gasteiger partial charge in [-0.05, 0) is 0 Å². The summed E-state index contributed by atoms with van der Waals surface area (Å²) >= 11 is 0. The molecule has 15 heavy (non-hydrogen) atoms. The van der Waals surface area contributed by atoms with E-state index in [0.717, 1.165) is 38.7 Å². The summed E-state index contributed by atoms with van der Waals surface area (Å²) in [6.45, 7) is 4.55. The molecule has 0 bridgehead atoms. The van der Waals surface area contributed by atoms with Gasteiger partial charge in [-0.2, -0.15) is 0 Å². The predicted octanol–water partition coefficient (Wildman–Crippen LogP) is 0.0689. The first-order valence-electron chi connectivity index (χ1n) is 5.28. The van der Waals surface area contributed by atoms with Gasteiger partial charge in [0.2, 0.25) is 5.95 Å². The van der Waals surface area contributed by atoms with E-state index in [1.54, 1.807) is 7.11 Å². The highest BCUT2D eigenvalue weighted by Crippen LogP contribution is 2.16. The largest absolute Gasteiger partial charge is 0.383 e. The van der Waals surface area contributed by atoms with Crippen molar-refractivity contribution < 1.29 is 4.74 Å². The smallest absolute Gasteiger partial charge is 0.205 e. The number of nitrogens with one attached hydrogen (secondary N) is 1. The first kappa shape index (κ1) is 10.4. The van der Waals surface area contributed by atoms with Gasteiger partial charge in [0.05, 0.1) is 18.5 Å². The van der Waals surface area contributed by atoms with Crippen LogP contribution in [0.1, 0.15) is 5.69 Å². The van der Waals surface area contributed by atoms with E-state index in [9.17, 15) is 0 Å². The first-order chi connectivity index (χ1) is 7.33. The third kappa shape index (κ3) is 2.13. The van der Waals surface area contributed by atoms with E-state index in [4.69, 9.17) is 4.74 Å². The van der Waals surface area contributed by atoms with Crippen LogP contribution in [-0.2, 0) is 17.8 Å². The zero-order valence-electron chi connectivity index (χ0n) is 9.36. The molecule has 1 N–H and O–H groups in total. The summed E-state index contributed by atoms with van der Waals surface area (Å²) in [4.78, 5) is 6.58. The highest BCUT2D eigenvalue weighted by Gasteiger charge is 2.15. The minimum atomic E-state index is 0.733. The number of ether oxygens (including phenoxy) is 1. The lowest BCUT2D eigenvalue weighted by molar-refractivity contribution is 0.206. The van der Waals surface area contributed by atoms with Gasteiger partial charge in [0.15, 0.2) is 0 Å². The molecule has 5 heteroatoms. The average molecular weight is 210 g/mol. The van der Waals surface area contributed by atoms with Crippen LogP contribution < -0.4 is 10.2 Å². The molecule has 84 valence electrons. The number of anilines is 1. The molecule has 0 fully saturated rings. The Labute approximate surface area is 90.0 Å². The summed E-state index contributed by atoms with van der Waals surface area (Å²) in [6, 6.07) is 0. The Morgan fingerprint density at radius 1 is 1.67 bits per heavy atom. The van der Waals surface area contributed by atoms with Gasteiger partial charge >= 0.3 is 0 Å². The van der Waals surface area contributed by atoms with Crippen molar-refractivity contribution in [3.63, 3.8) is 0 Å². The molecule has 5 nitrogen and oxygen atoms in total. The summed E-state index contributed by atoms with van der Waals surface area (Å²) in [5, 5.41) is 3.33. The number of aromatic nitrogens is 2. The normalized spacial score (nSPS) is 15.1. The lowest BCUT2D eigenvalue weighted by Gasteiger charge is -2.23. The quantitative estimate of drug-likeness (QED) is 0.763. The van der Waals surface area contributed by atoms with Crippen molar-refractivity contribution in [3.8, 4) is 0 Å². The van der Waals surface area contributed by atoms with Gasteiger partial charge in [-0.25, -0.2) is 4.98 Å². The Hall–Kier alpha value is -1.07. The molecule has 0 amide bonds. The van der Waals surface area contributed by atoms with Crippen LogP contribution >= 0.6 is 0 Å². The monoisotopic (exact) mass is 210 g/mol. The molecule has 1 aromatic heterocycles. The van der Waals surface area contributed by atoms with Crippen LogP contribution in [0, 0.1) is 0 Å². The lowest BCUT2D eigenvalue weighted by atomic mass is 10.4. The second kappa shape index (κ2) is 4.63. The van der Waals surface area contributed by atoms with Crippen molar-refractivity contribution in [1.82, 2.24) is 14.9 Å². The Morgan fingerprint density at radius 2 is 2.53 bits per heavy atom. The molecule has 0 saturated heterocycles. The third-order valence-corrected chi connectivity index (χ3v) is 2.71. The molecule has 1 aromatic rings. The third-order valence-electron chi connectivity index (χ3n) is 2.71. The van der Waals surface area contributed by atoms with E-state index in [1.807, 2.05) is 6.20 Å². The molecule has 0 unspecified atom stereocenters. The molecule has 0 spiro atoms. The summed E-state index contributed by atoms with van der Waals surface area (Å²) in [6.07, 6.45) is 1.95. The zero-order chi connectivity index (χ0) is 10.7. The minimum Gasteiger partial charge on any atom is -0.383 e. The van der Waals surface area contributed by atoms with E-state index < -0.39 is 0 Å². The van der Waals surface area contributed by atoms with E-state index >= 15 is 0 Å². The molecular weight excluding hydrogens is 192 g/mol. The van der Waals surface area contributed by atoms with Crippen molar-refractivity contribution in [1.29, 1.82) is 0 Å². The molecular formula is C10H18N4O. The van der Waals surface area contributed by atoms with E-state index in [-0.39, 0.29) is 0 Å². The molecule has 0 atom stereocenters. The number of methoxy groups -OCH3 is 1. The molecule has 1 aliphatic rings. The van der Waals surface area contributed by atoms with Crippen LogP contribution in [0.5, 0.6) is 0 Å². The molecule has 0 radical (unpaired) electrons. The highest BCUT2D eigenvalue weighted by molar-refractivity contribution is 5.33. The predicted molar refractivity (Wildman–Crippen MR) is 59.1 cm³/mol. The summed E-state index contributed by atoms with van der Waals surface area (Å²) in [5.74, 6) is 1.04. The summed E-state index contributed by atoms with van der Waals surface area (Å²) < 4.78 is 7.33. The second-order valence-electron chi connectivity index (χ2n) is 3.79. The van der Waals surface area contributed by atoms with Gasteiger partial charge in [0.1, 0.15) is 0 Å². The molecule has 0 saturated carbocycles. The van der Waals surface area contributed by atoms with Crippen LogP contribution in [0.2, 0.25) is 0 Å². The van der Waals surface area contributed by atoms with Crippen LogP contribution in [0.25, 0.3) is 0 Å². The van der Waals surface area contributed by atoms with Crippen molar-refractivity contribution in [2.24, 2.45) is 0 Å². The first-order valence-corrected chi connectivity index (χ1v) is 5.28. The number of hydrogen-bond acceptors (Lipinski definition) is 4. The fourth-order valence-corrected chi connectivity index (χ4v) is 1.82. The van der Waals surface area contributed by atoms with Crippen molar-refractivity contribution in [2.45, 2.75) is 13.1 Å². The molecule has 2 heterocycles. The fraction of sp³-hybridized carbons (Fsp3) is 0.700. The summed E-state index contributed by atoms with van der Waals surface area (Å²) in [7, 11) is 3.77. The topological polar surface area (TPSA) is 42.3 Å². The molecule has 1 aliphatic heterocycles. The van der Waals surface area contributed by atoms with Crippen molar-refractivity contribution >= 4 is 5.95 Å². The van der Waals surface area contributed by atoms with Gasteiger partial charge in [0.25, 0.3) is 0 Å². The Bertz CT molecular complexity index is 323. The zero-order valence-corrected chi connectivity index (χ0v) is 9.36. The maximum absolute atomic E-state index is 5.06. The average Bonchev–Trinajstić information content (AvgIpc) is 2.69. The highest BCUT2D eigenvalue weighted by atomic mass is 16.5. The molecule has 0 aliphatic carbocycles. The fourth-order valence-electron chi connectivity index (χ4n) is 1.82. The van der Waals surface area contributed by atoms with Gasteiger partial charge in [0, 0.05) is 40.3 Å². The maximum atomic E-state index is 5.06. The van der Waals surface area contributed by atoms with Crippen LogP contribution in [0.4, 0.5) is 5.95 Å². The Balaban J connectivity index is 2.10. The van der Waals surface area contributed by atoms with E-state index in [1.165, 1.54) is 5.69 Å². The maximum Gasteiger partial charge on any atom is 0.205 e. The summed E-state index contributed by atoms with van der Waals surface area (Å²) in [5.41, 5.74) is 1.26. The standard InChI is InChI=1S/C10H18N4O/c1-13(5-6-15-2)10-12-8-9-7-11-3-4-14(9)10/h8,11H,3-7H2,1-2H3. The van der Waals surface area contributed by atoms with Gasteiger partial charge in [-0.15, -0.1) is 0 Å².